The van der Waals surface area contributed by atoms with E-state index in [1.807, 2.05) is 31.2 Å². The Morgan fingerprint density at radius 2 is 1.84 bits per heavy atom. The molecule has 0 radical (unpaired) electrons. The number of rotatable bonds is 6. The summed E-state index contributed by atoms with van der Waals surface area (Å²) in [6, 6.07) is 13.0. The maximum Gasteiger partial charge on any atom is 0.255 e. The van der Waals surface area contributed by atoms with Gasteiger partial charge in [-0.2, -0.15) is 0 Å². The molecule has 1 aliphatic carbocycles. The predicted molar refractivity (Wildman–Crippen MR) is 97.0 cm³/mol. The highest BCUT2D eigenvalue weighted by Crippen LogP contribution is 2.20. The molecule has 1 fully saturated rings. The van der Waals surface area contributed by atoms with E-state index in [0.29, 0.717) is 23.7 Å². The number of hydrogen-bond donors (Lipinski definition) is 2. The molecule has 0 atom stereocenters. The first-order chi connectivity index (χ1) is 12.0. The molecule has 2 amide bonds. The van der Waals surface area contributed by atoms with Gasteiger partial charge in [-0.3, -0.25) is 9.59 Å². The van der Waals surface area contributed by atoms with Gasteiger partial charge in [0.05, 0.1) is 13.5 Å². The van der Waals surface area contributed by atoms with Crippen molar-refractivity contribution in [3.8, 4) is 5.75 Å². The standard InChI is InChI=1S/C20H22N2O3/c1-13-11-15(5-10-18(13)25-2)20(24)22-17-6-3-14(4-7-17)12-19(23)21-16-8-9-16/h3-7,10-11,16H,8-9,12H2,1-2H3,(H,21,23)(H,22,24). The van der Waals surface area contributed by atoms with Crippen molar-refractivity contribution in [2.75, 3.05) is 12.4 Å². The molecule has 5 nitrogen and oxygen atoms in total. The van der Waals surface area contributed by atoms with Crippen LogP contribution in [0.2, 0.25) is 0 Å². The average Bonchev–Trinajstić information content (AvgIpc) is 3.40. The van der Waals surface area contributed by atoms with E-state index < -0.39 is 0 Å². The lowest BCUT2D eigenvalue weighted by Gasteiger charge is -2.09. The van der Waals surface area contributed by atoms with Gasteiger partial charge < -0.3 is 15.4 Å². The number of methoxy groups -OCH3 is 1. The van der Waals surface area contributed by atoms with Crippen LogP contribution < -0.4 is 15.4 Å². The van der Waals surface area contributed by atoms with Gasteiger partial charge in [0.15, 0.2) is 0 Å². The molecule has 1 saturated carbocycles. The Morgan fingerprint density at radius 3 is 2.44 bits per heavy atom. The quantitative estimate of drug-likeness (QED) is 0.850. The summed E-state index contributed by atoms with van der Waals surface area (Å²) in [5.74, 6) is 0.628. The van der Waals surface area contributed by atoms with Crippen LogP contribution in [0.4, 0.5) is 5.69 Å². The zero-order valence-electron chi connectivity index (χ0n) is 14.5. The number of amides is 2. The number of nitrogens with one attached hydrogen (secondary N) is 2. The highest BCUT2D eigenvalue weighted by atomic mass is 16.5. The van der Waals surface area contributed by atoms with Crippen LogP contribution in [0.1, 0.15) is 34.3 Å². The second-order valence-corrected chi connectivity index (χ2v) is 6.35. The van der Waals surface area contributed by atoms with E-state index >= 15 is 0 Å². The molecular formula is C20H22N2O3. The minimum atomic E-state index is -0.176. The van der Waals surface area contributed by atoms with E-state index in [4.69, 9.17) is 4.74 Å². The van der Waals surface area contributed by atoms with Crippen molar-refractivity contribution in [1.82, 2.24) is 5.32 Å². The molecule has 0 unspecified atom stereocenters. The Labute approximate surface area is 147 Å². The first-order valence-corrected chi connectivity index (χ1v) is 8.39. The van der Waals surface area contributed by atoms with Gasteiger partial charge >= 0.3 is 0 Å². The van der Waals surface area contributed by atoms with Gasteiger partial charge in [0.2, 0.25) is 5.91 Å². The molecule has 0 bridgehead atoms. The number of benzene rings is 2. The maximum absolute atomic E-state index is 12.3. The molecule has 2 aromatic rings. The van der Waals surface area contributed by atoms with Crippen LogP contribution in [-0.4, -0.2) is 25.0 Å². The monoisotopic (exact) mass is 338 g/mol. The first kappa shape index (κ1) is 17.0. The number of hydrogen-bond acceptors (Lipinski definition) is 3. The summed E-state index contributed by atoms with van der Waals surface area (Å²) >= 11 is 0. The Morgan fingerprint density at radius 1 is 1.12 bits per heavy atom. The van der Waals surface area contributed by atoms with Crippen molar-refractivity contribution in [2.45, 2.75) is 32.2 Å². The van der Waals surface area contributed by atoms with Gasteiger partial charge in [0.25, 0.3) is 5.91 Å². The minimum absolute atomic E-state index is 0.0491. The Hall–Kier alpha value is -2.82. The van der Waals surface area contributed by atoms with E-state index in [9.17, 15) is 9.59 Å². The van der Waals surface area contributed by atoms with Gasteiger partial charge in [-0.05, 0) is 61.2 Å². The summed E-state index contributed by atoms with van der Waals surface area (Å²) in [5, 5.41) is 5.83. The number of carbonyl (C=O) groups excluding carboxylic acids is 2. The van der Waals surface area contributed by atoms with Crippen LogP contribution in [0.5, 0.6) is 5.75 Å². The van der Waals surface area contributed by atoms with E-state index in [0.717, 1.165) is 29.7 Å². The molecule has 0 aliphatic heterocycles. The van der Waals surface area contributed by atoms with Gasteiger partial charge in [0, 0.05) is 17.3 Å². The lowest BCUT2D eigenvalue weighted by atomic mass is 10.1. The van der Waals surface area contributed by atoms with E-state index in [2.05, 4.69) is 10.6 Å². The first-order valence-electron chi connectivity index (χ1n) is 8.39. The van der Waals surface area contributed by atoms with Crippen molar-refractivity contribution in [1.29, 1.82) is 0 Å². The summed E-state index contributed by atoms with van der Waals surface area (Å²) in [5.41, 5.74) is 3.11. The molecule has 0 spiro atoms. The topological polar surface area (TPSA) is 67.4 Å². The number of aryl methyl sites for hydroxylation is 1. The minimum Gasteiger partial charge on any atom is -0.496 e. The third-order valence-electron chi connectivity index (χ3n) is 4.18. The SMILES string of the molecule is COc1ccc(C(=O)Nc2ccc(CC(=O)NC3CC3)cc2)cc1C. The van der Waals surface area contributed by atoms with Crippen molar-refractivity contribution >= 4 is 17.5 Å². The second kappa shape index (κ2) is 7.38. The fraction of sp³-hybridized carbons (Fsp3) is 0.300. The van der Waals surface area contributed by atoms with Crippen LogP contribution in [-0.2, 0) is 11.2 Å². The van der Waals surface area contributed by atoms with Gasteiger partial charge in [0.1, 0.15) is 5.75 Å². The Kier molecular flexibility index (Phi) is 5.03. The van der Waals surface area contributed by atoms with Crippen LogP contribution in [0.3, 0.4) is 0 Å². The summed E-state index contributed by atoms with van der Waals surface area (Å²) in [4.78, 5) is 24.1. The van der Waals surface area contributed by atoms with E-state index in [1.165, 1.54) is 0 Å². The molecule has 25 heavy (non-hydrogen) atoms. The van der Waals surface area contributed by atoms with Gasteiger partial charge in [-0.25, -0.2) is 0 Å². The second-order valence-electron chi connectivity index (χ2n) is 6.35. The summed E-state index contributed by atoms with van der Waals surface area (Å²) < 4.78 is 5.21. The normalized spacial score (nSPS) is 13.2. The van der Waals surface area contributed by atoms with E-state index in [-0.39, 0.29) is 11.8 Å². The third kappa shape index (κ3) is 4.59. The molecule has 0 heterocycles. The van der Waals surface area contributed by atoms with Crippen LogP contribution >= 0.6 is 0 Å². The zero-order valence-corrected chi connectivity index (χ0v) is 14.5. The molecule has 1 aliphatic rings. The molecule has 0 aromatic heterocycles. The number of anilines is 1. The Balaban J connectivity index is 1.59. The number of carbonyl (C=O) groups is 2. The van der Waals surface area contributed by atoms with Crippen LogP contribution in [0, 0.1) is 6.92 Å². The fourth-order valence-electron chi connectivity index (χ4n) is 2.62. The third-order valence-corrected chi connectivity index (χ3v) is 4.18. The smallest absolute Gasteiger partial charge is 0.255 e. The van der Waals surface area contributed by atoms with Crippen molar-refractivity contribution in [3.63, 3.8) is 0 Å². The molecule has 0 saturated heterocycles. The lowest BCUT2D eigenvalue weighted by molar-refractivity contribution is -0.120. The molecule has 5 heteroatoms. The molecule has 130 valence electrons. The molecular weight excluding hydrogens is 316 g/mol. The molecule has 2 aromatic carbocycles. The van der Waals surface area contributed by atoms with E-state index in [1.54, 1.807) is 25.3 Å². The largest absolute Gasteiger partial charge is 0.496 e. The van der Waals surface area contributed by atoms with Crippen molar-refractivity contribution in [3.05, 3.63) is 59.2 Å². The van der Waals surface area contributed by atoms with Crippen molar-refractivity contribution < 1.29 is 14.3 Å². The molecule has 2 N–H and O–H groups in total. The highest BCUT2D eigenvalue weighted by molar-refractivity contribution is 6.04. The summed E-state index contributed by atoms with van der Waals surface area (Å²) in [6.07, 6.45) is 2.53. The fourth-order valence-corrected chi connectivity index (χ4v) is 2.62. The lowest BCUT2D eigenvalue weighted by Crippen LogP contribution is -2.26. The van der Waals surface area contributed by atoms with Gasteiger partial charge in [-0.15, -0.1) is 0 Å². The average molecular weight is 338 g/mol. The van der Waals surface area contributed by atoms with Crippen LogP contribution in [0.15, 0.2) is 42.5 Å². The summed E-state index contributed by atoms with van der Waals surface area (Å²) in [6.45, 7) is 1.90. The summed E-state index contributed by atoms with van der Waals surface area (Å²) in [7, 11) is 1.61. The predicted octanol–water partition coefficient (Wildman–Crippen LogP) is 3.08. The Bertz CT molecular complexity index is 780. The van der Waals surface area contributed by atoms with Crippen LogP contribution in [0.25, 0.3) is 0 Å². The number of ether oxygens (including phenoxy) is 1. The van der Waals surface area contributed by atoms with Crippen molar-refractivity contribution in [2.24, 2.45) is 0 Å². The maximum atomic E-state index is 12.3. The van der Waals surface area contributed by atoms with Gasteiger partial charge in [-0.1, -0.05) is 12.1 Å². The highest BCUT2D eigenvalue weighted by Gasteiger charge is 2.23. The molecule has 3 rings (SSSR count). The zero-order chi connectivity index (χ0) is 17.8.